The van der Waals surface area contributed by atoms with Crippen LogP contribution in [-0.2, 0) is 11.3 Å². The maximum Gasteiger partial charge on any atom is 0.0971 e. The number of hydrogen-bond donors (Lipinski definition) is 1. The Morgan fingerprint density at radius 3 is 2.30 bits per heavy atom. The number of benzene rings is 2. The van der Waals surface area contributed by atoms with Gasteiger partial charge in [0, 0.05) is 0 Å². The molecule has 2 nitrogen and oxygen atoms in total. The number of hydrogen-bond acceptors (Lipinski definition) is 2. The van der Waals surface area contributed by atoms with Crippen LogP contribution in [0.3, 0.4) is 0 Å². The molecule has 2 aromatic carbocycles. The Morgan fingerprint density at radius 1 is 0.950 bits per heavy atom. The first-order valence-corrected chi connectivity index (χ1v) is 6.87. The van der Waals surface area contributed by atoms with Crippen LogP contribution >= 0.6 is 0 Å². The molecule has 1 N–H and O–H groups in total. The summed E-state index contributed by atoms with van der Waals surface area (Å²) in [7, 11) is 0. The maximum atomic E-state index is 9.93. The lowest BCUT2D eigenvalue weighted by Gasteiger charge is -2.05. The lowest BCUT2D eigenvalue weighted by molar-refractivity contribution is 0.125. The standard InChI is InChI=1S/C18H20O2/c19-18(17-11-5-2-6-12-17)13-7-8-14-20-15-16-9-3-1-4-10-16/h1-7,9-13,18-19H,8,14-15H2/b13-7+. The molecule has 0 aliphatic heterocycles. The van der Waals surface area contributed by atoms with E-state index in [4.69, 9.17) is 4.74 Å². The predicted octanol–water partition coefficient (Wildman–Crippen LogP) is 3.88. The molecule has 2 heteroatoms. The molecule has 0 aliphatic rings. The van der Waals surface area contributed by atoms with Gasteiger partial charge in [-0.15, -0.1) is 0 Å². The van der Waals surface area contributed by atoms with E-state index in [1.54, 1.807) is 6.08 Å². The molecule has 0 spiro atoms. The second-order valence-electron chi connectivity index (χ2n) is 4.61. The van der Waals surface area contributed by atoms with Crippen molar-refractivity contribution in [2.75, 3.05) is 6.61 Å². The first kappa shape index (κ1) is 14.5. The summed E-state index contributed by atoms with van der Waals surface area (Å²) in [4.78, 5) is 0. The fourth-order valence-corrected chi connectivity index (χ4v) is 1.90. The molecule has 0 bridgehead atoms. The minimum atomic E-state index is -0.537. The molecule has 2 aromatic rings. The van der Waals surface area contributed by atoms with E-state index in [0.29, 0.717) is 13.2 Å². The van der Waals surface area contributed by atoms with E-state index in [2.05, 4.69) is 12.1 Å². The molecule has 1 unspecified atom stereocenters. The first-order chi connectivity index (χ1) is 9.86. The second-order valence-corrected chi connectivity index (χ2v) is 4.61. The van der Waals surface area contributed by atoms with Crippen molar-refractivity contribution < 1.29 is 9.84 Å². The molecule has 2 rings (SSSR count). The topological polar surface area (TPSA) is 29.5 Å². The quantitative estimate of drug-likeness (QED) is 0.610. The normalized spacial score (nSPS) is 12.7. The Hall–Kier alpha value is -1.90. The lowest BCUT2D eigenvalue weighted by Crippen LogP contribution is -1.95. The molecular formula is C18H20O2. The van der Waals surface area contributed by atoms with Crippen molar-refractivity contribution in [3.8, 4) is 0 Å². The van der Waals surface area contributed by atoms with Crippen LogP contribution in [0, 0.1) is 0 Å². The van der Waals surface area contributed by atoms with Crippen LogP contribution in [0.1, 0.15) is 23.7 Å². The Bertz CT molecular complexity index is 505. The molecule has 0 aromatic heterocycles. The van der Waals surface area contributed by atoms with Crippen LogP contribution in [0.15, 0.2) is 72.8 Å². The van der Waals surface area contributed by atoms with E-state index in [-0.39, 0.29) is 0 Å². The third-order valence-electron chi connectivity index (χ3n) is 3.00. The van der Waals surface area contributed by atoms with Gasteiger partial charge in [0.1, 0.15) is 0 Å². The summed E-state index contributed by atoms with van der Waals surface area (Å²) in [6.07, 6.45) is 4.03. The largest absolute Gasteiger partial charge is 0.384 e. The highest BCUT2D eigenvalue weighted by atomic mass is 16.5. The van der Waals surface area contributed by atoms with Crippen LogP contribution < -0.4 is 0 Å². The molecule has 0 heterocycles. The molecule has 1 atom stereocenters. The van der Waals surface area contributed by atoms with E-state index in [0.717, 1.165) is 12.0 Å². The average Bonchev–Trinajstić information content (AvgIpc) is 2.52. The van der Waals surface area contributed by atoms with Crippen LogP contribution in [0.25, 0.3) is 0 Å². The SMILES string of the molecule is OC(/C=C/CCOCc1ccccc1)c1ccccc1. The van der Waals surface area contributed by atoms with E-state index in [1.807, 2.05) is 54.6 Å². The van der Waals surface area contributed by atoms with Gasteiger partial charge in [-0.2, -0.15) is 0 Å². The summed E-state index contributed by atoms with van der Waals surface area (Å²) in [6.45, 7) is 1.29. The summed E-state index contributed by atoms with van der Waals surface area (Å²) < 4.78 is 5.57. The Morgan fingerprint density at radius 2 is 1.60 bits per heavy atom. The third-order valence-corrected chi connectivity index (χ3v) is 3.00. The summed E-state index contributed by atoms with van der Waals surface area (Å²) in [5.41, 5.74) is 2.09. The van der Waals surface area contributed by atoms with Gasteiger partial charge < -0.3 is 9.84 Å². The Labute approximate surface area is 120 Å². The van der Waals surface area contributed by atoms with Gasteiger partial charge in [0.2, 0.25) is 0 Å². The van der Waals surface area contributed by atoms with E-state index in [9.17, 15) is 5.11 Å². The van der Waals surface area contributed by atoms with Gasteiger partial charge in [-0.05, 0) is 17.5 Å². The van der Waals surface area contributed by atoms with Gasteiger partial charge in [0.15, 0.2) is 0 Å². The predicted molar refractivity (Wildman–Crippen MR) is 81.3 cm³/mol. The minimum absolute atomic E-state index is 0.537. The van der Waals surface area contributed by atoms with Crippen molar-refractivity contribution >= 4 is 0 Å². The molecule has 0 saturated carbocycles. The zero-order valence-electron chi connectivity index (χ0n) is 11.5. The molecule has 0 radical (unpaired) electrons. The molecule has 0 saturated heterocycles. The zero-order valence-corrected chi connectivity index (χ0v) is 11.5. The van der Waals surface area contributed by atoms with Crippen molar-refractivity contribution in [1.29, 1.82) is 0 Å². The summed E-state index contributed by atoms with van der Waals surface area (Å²) in [5.74, 6) is 0. The van der Waals surface area contributed by atoms with E-state index >= 15 is 0 Å². The third kappa shape index (κ3) is 5.00. The van der Waals surface area contributed by atoms with Gasteiger partial charge in [-0.3, -0.25) is 0 Å². The molecule has 0 fully saturated rings. The van der Waals surface area contributed by atoms with Crippen molar-refractivity contribution in [1.82, 2.24) is 0 Å². The lowest BCUT2D eigenvalue weighted by atomic mass is 10.1. The molecular weight excluding hydrogens is 248 g/mol. The summed E-state index contributed by atoms with van der Waals surface area (Å²) >= 11 is 0. The van der Waals surface area contributed by atoms with Crippen molar-refractivity contribution in [3.05, 3.63) is 83.9 Å². The summed E-state index contributed by atoms with van der Waals surface area (Å²) in [6, 6.07) is 19.7. The average molecular weight is 268 g/mol. The minimum Gasteiger partial charge on any atom is -0.384 e. The molecule has 104 valence electrons. The van der Waals surface area contributed by atoms with Crippen LogP contribution in [0.5, 0.6) is 0 Å². The zero-order chi connectivity index (χ0) is 14.0. The number of aliphatic hydroxyl groups excluding tert-OH is 1. The first-order valence-electron chi connectivity index (χ1n) is 6.87. The molecule has 0 aliphatic carbocycles. The number of aliphatic hydroxyl groups is 1. The maximum absolute atomic E-state index is 9.93. The van der Waals surface area contributed by atoms with Crippen LogP contribution in [-0.4, -0.2) is 11.7 Å². The van der Waals surface area contributed by atoms with Crippen LogP contribution in [0.2, 0.25) is 0 Å². The van der Waals surface area contributed by atoms with Crippen molar-refractivity contribution in [2.45, 2.75) is 19.1 Å². The fourth-order valence-electron chi connectivity index (χ4n) is 1.90. The molecule has 0 amide bonds. The Kier molecular flexibility index (Phi) is 6.03. The van der Waals surface area contributed by atoms with E-state index < -0.39 is 6.10 Å². The van der Waals surface area contributed by atoms with Gasteiger partial charge >= 0.3 is 0 Å². The molecule has 20 heavy (non-hydrogen) atoms. The van der Waals surface area contributed by atoms with Gasteiger partial charge in [0.05, 0.1) is 19.3 Å². The second kappa shape index (κ2) is 8.31. The van der Waals surface area contributed by atoms with Crippen molar-refractivity contribution in [3.63, 3.8) is 0 Å². The van der Waals surface area contributed by atoms with Crippen molar-refractivity contribution in [2.24, 2.45) is 0 Å². The fraction of sp³-hybridized carbons (Fsp3) is 0.222. The smallest absolute Gasteiger partial charge is 0.0971 e. The van der Waals surface area contributed by atoms with E-state index in [1.165, 1.54) is 5.56 Å². The number of rotatable bonds is 7. The van der Waals surface area contributed by atoms with Gasteiger partial charge in [-0.25, -0.2) is 0 Å². The highest BCUT2D eigenvalue weighted by molar-refractivity contribution is 5.20. The number of ether oxygens (including phenoxy) is 1. The van der Waals surface area contributed by atoms with Gasteiger partial charge in [-0.1, -0.05) is 72.8 Å². The Balaban J connectivity index is 1.64. The highest BCUT2D eigenvalue weighted by Crippen LogP contribution is 2.13. The monoisotopic (exact) mass is 268 g/mol. The highest BCUT2D eigenvalue weighted by Gasteiger charge is 2.00. The van der Waals surface area contributed by atoms with Crippen LogP contribution in [0.4, 0.5) is 0 Å². The summed E-state index contributed by atoms with van der Waals surface area (Å²) in [5, 5.41) is 9.93. The van der Waals surface area contributed by atoms with Gasteiger partial charge in [0.25, 0.3) is 0 Å².